The molecule has 152 valence electrons. The van der Waals surface area contributed by atoms with Gasteiger partial charge in [0.2, 0.25) is 0 Å². The number of quaternary nitrogens is 1. The van der Waals surface area contributed by atoms with Crippen LogP contribution in [0.2, 0.25) is 0 Å². The second-order valence-electron chi connectivity index (χ2n) is 8.83. The van der Waals surface area contributed by atoms with Crippen molar-refractivity contribution in [2.75, 3.05) is 31.1 Å². The molecule has 0 aromatic heterocycles. The molecule has 3 aliphatic heterocycles. The normalized spacial score (nSPS) is 22.6. The molecular formula is C25H32N3O+. The topological polar surface area (TPSA) is 28.0 Å². The summed E-state index contributed by atoms with van der Waals surface area (Å²) in [5.74, 6) is 0. The first-order valence-electron chi connectivity index (χ1n) is 11.4. The Labute approximate surface area is 174 Å². The maximum absolute atomic E-state index is 13.8. The number of para-hydroxylation sites is 2. The van der Waals surface area contributed by atoms with Crippen LogP contribution in [-0.2, 0) is 6.42 Å². The van der Waals surface area contributed by atoms with Crippen molar-refractivity contribution in [2.45, 2.75) is 51.0 Å². The number of anilines is 2. The van der Waals surface area contributed by atoms with E-state index in [0.29, 0.717) is 6.04 Å². The summed E-state index contributed by atoms with van der Waals surface area (Å²) in [6.07, 6.45) is 8.45. The highest BCUT2D eigenvalue weighted by Gasteiger charge is 2.37. The summed E-state index contributed by atoms with van der Waals surface area (Å²) in [6.45, 7) is 4.23. The molecule has 2 aromatic rings. The summed E-state index contributed by atoms with van der Waals surface area (Å²) in [6, 6.07) is 17.8. The molecule has 2 amide bonds. The van der Waals surface area contributed by atoms with E-state index in [1.54, 1.807) is 4.90 Å². The number of carbonyl (C=O) groups excluding carboxylic acids is 1. The van der Waals surface area contributed by atoms with Gasteiger partial charge in [-0.15, -0.1) is 0 Å². The summed E-state index contributed by atoms with van der Waals surface area (Å²) >= 11 is 0. The van der Waals surface area contributed by atoms with Crippen molar-refractivity contribution in [3.8, 4) is 0 Å². The van der Waals surface area contributed by atoms with Crippen LogP contribution >= 0.6 is 0 Å². The van der Waals surface area contributed by atoms with Gasteiger partial charge in [0, 0.05) is 25.1 Å². The predicted molar refractivity (Wildman–Crippen MR) is 117 cm³/mol. The molecule has 2 aromatic carbocycles. The maximum Gasteiger partial charge on any atom is 0.329 e. The summed E-state index contributed by atoms with van der Waals surface area (Å²) in [7, 11) is 0. The van der Waals surface area contributed by atoms with Crippen molar-refractivity contribution in [2.24, 2.45) is 0 Å². The smallest absolute Gasteiger partial charge is 0.328 e. The van der Waals surface area contributed by atoms with Crippen molar-refractivity contribution in [3.63, 3.8) is 0 Å². The first-order valence-corrected chi connectivity index (χ1v) is 11.4. The number of amides is 2. The third kappa shape index (κ3) is 3.55. The van der Waals surface area contributed by atoms with Crippen molar-refractivity contribution in [1.29, 1.82) is 0 Å². The Morgan fingerprint density at radius 1 is 0.793 bits per heavy atom. The molecule has 2 fully saturated rings. The quantitative estimate of drug-likeness (QED) is 0.780. The molecule has 0 aliphatic carbocycles. The van der Waals surface area contributed by atoms with Gasteiger partial charge >= 0.3 is 6.03 Å². The molecule has 4 heteroatoms. The third-order valence-corrected chi connectivity index (χ3v) is 7.02. The molecule has 3 aliphatic rings. The molecule has 1 unspecified atom stereocenters. The number of nitrogens with zero attached hydrogens (tertiary/aromatic N) is 2. The van der Waals surface area contributed by atoms with Crippen molar-refractivity contribution < 1.29 is 9.69 Å². The molecular weight excluding hydrogens is 358 g/mol. The highest BCUT2D eigenvalue weighted by atomic mass is 16.2. The Kier molecular flexibility index (Phi) is 5.28. The van der Waals surface area contributed by atoms with Crippen molar-refractivity contribution in [1.82, 2.24) is 4.90 Å². The van der Waals surface area contributed by atoms with Crippen LogP contribution < -0.4 is 9.80 Å². The van der Waals surface area contributed by atoms with E-state index in [0.717, 1.165) is 43.7 Å². The lowest BCUT2D eigenvalue weighted by atomic mass is 9.95. The fraction of sp³-hybridized carbons (Fsp3) is 0.480. The van der Waals surface area contributed by atoms with Gasteiger partial charge in [-0.3, -0.25) is 4.90 Å². The van der Waals surface area contributed by atoms with E-state index in [1.165, 1.54) is 49.9 Å². The molecule has 1 atom stereocenters. The Morgan fingerprint density at radius 3 is 2.24 bits per heavy atom. The lowest BCUT2D eigenvalue weighted by molar-refractivity contribution is -0.936. The molecule has 4 nitrogen and oxygen atoms in total. The zero-order chi connectivity index (χ0) is 19.6. The Morgan fingerprint density at radius 2 is 1.45 bits per heavy atom. The van der Waals surface area contributed by atoms with Crippen LogP contribution in [0.4, 0.5) is 16.2 Å². The van der Waals surface area contributed by atoms with Gasteiger partial charge < -0.3 is 9.80 Å². The number of benzene rings is 2. The van der Waals surface area contributed by atoms with E-state index in [9.17, 15) is 4.79 Å². The molecule has 0 spiro atoms. The molecule has 3 heterocycles. The number of fused-ring (bicyclic) bond motifs is 2. The summed E-state index contributed by atoms with van der Waals surface area (Å²) in [5, 5.41) is 0. The van der Waals surface area contributed by atoms with E-state index < -0.39 is 0 Å². The van der Waals surface area contributed by atoms with Gasteiger partial charge in [-0.05, 0) is 56.2 Å². The Balaban J connectivity index is 1.61. The van der Waals surface area contributed by atoms with Gasteiger partial charge in [0.25, 0.3) is 0 Å². The number of likely N-dealkylation sites (tertiary alicyclic amines) is 2. The van der Waals surface area contributed by atoms with Gasteiger partial charge in [-0.2, -0.15) is 0 Å². The molecule has 5 rings (SSSR count). The second kappa shape index (κ2) is 8.19. The standard InChI is InChI=1S/C25H31N3O/c29-25(27-17-9-2-10-18-27)28-22-13-5-3-11-20(22)19-24(26-15-7-1-8-16-26)21-12-4-6-14-23(21)28/h3-6,11-14,24H,1-2,7-10,15-19H2/p+1. The minimum absolute atomic E-state index is 0.152. The number of piperidine rings is 2. The number of rotatable bonds is 1. The highest BCUT2D eigenvalue weighted by molar-refractivity contribution is 6.01. The van der Waals surface area contributed by atoms with E-state index in [4.69, 9.17) is 0 Å². The lowest BCUT2D eigenvalue weighted by Crippen LogP contribution is -3.13. The number of urea groups is 1. The van der Waals surface area contributed by atoms with Crippen LogP contribution in [0.3, 0.4) is 0 Å². The average molecular weight is 391 g/mol. The first kappa shape index (κ1) is 18.7. The van der Waals surface area contributed by atoms with Crippen LogP contribution in [0.1, 0.15) is 55.7 Å². The summed E-state index contributed by atoms with van der Waals surface area (Å²) in [5.41, 5.74) is 4.81. The molecule has 0 radical (unpaired) electrons. The van der Waals surface area contributed by atoms with Crippen LogP contribution in [-0.4, -0.2) is 37.1 Å². The van der Waals surface area contributed by atoms with Crippen LogP contribution in [0.25, 0.3) is 0 Å². The largest absolute Gasteiger partial charge is 0.329 e. The van der Waals surface area contributed by atoms with E-state index in [-0.39, 0.29) is 6.03 Å². The predicted octanol–water partition coefficient (Wildman–Crippen LogP) is 4.10. The van der Waals surface area contributed by atoms with Crippen molar-refractivity contribution >= 4 is 17.4 Å². The number of hydrogen-bond donors (Lipinski definition) is 1. The summed E-state index contributed by atoms with van der Waals surface area (Å²) in [4.78, 5) is 19.5. The van der Waals surface area contributed by atoms with E-state index in [1.807, 2.05) is 4.90 Å². The number of carbonyl (C=O) groups is 1. The zero-order valence-corrected chi connectivity index (χ0v) is 17.3. The van der Waals surface area contributed by atoms with Gasteiger partial charge in [0.1, 0.15) is 6.04 Å². The van der Waals surface area contributed by atoms with Crippen LogP contribution in [0, 0.1) is 0 Å². The Bertz CT molecular complexity index is 868. The molecule has 29 heavy (non-hydrogen) atoms. The third-order valence-electron chi connectivity index (χ3n) is 7.02. The fourth-order valence-corrected chi connectivity index (χ4v) is 5.50. The monoisotopic (exact) mass is 390 g/mol. The second-order valence-corrected chi connectivity index (χ2v) is 8.83. The molecule has 0 saturated carbocycles. The lowest BCUT2D eigenvalue weighted by Gasteiger charge is -2.34. The molecule has 1 N–H and O–H groups in total. The van der Waals surface area contributed by atoms with E-state index in [2.05, 4.69) is 53.4 Å². The van der Waals surface area contributed by atoms with Crippen molar-refractivity contribution in [3.05, 3.63) is 59.7 Å². The fourth-order valence-electron chi connectivity index (χ4n) is 5.50. The maximum atomic E-state index is 13.8. The summed E-state index contributed by atoms with van der Waals surface area (Å²) < 4.78 is 0. The average Bonchev–Trinajstić information content (AvgIpc) is 2.94. The first-order chi connectivity index (χ1) is 14.3. The number of hydrogen-bond acceptors (Lipinski definition) is 1. The minimum atomic E-state index is 0.152. The molecule has 0 bridgehead atoms. The van der Waals surface area contributed by atoms with Gasteiger partial charge in [0.05, 0.1) is 24.5 Å². The number of nitrogens with one attached hydrogen (secondary N) is 1. The zero-order valence-electron chi connectivity index (χ0n) is 17.3. The van der Waals surface area contributed by atoms with E-state index >= 15 is 0 Å². The highest BCUT2D eigenvalue weighted by Crippen LogP contribution is 2.40. The van der Waals surface area contributed by atoms with Crippen LogP contribution in [0.15, 0.2) is 48.5 Å². The van der Waals surface area contributed by atoms with Crippen LogP contribution in [0.5, 0.6) is 0 Å². The SMILES string of the molecule is O=C(N1CCCCC1)N1c2ccccc2CC([NH+]2CCCCC2)c2ccccc21. The Hall–Kier alpha value is -2.33. The molecule has 2 saturated heterocycles. The van der Waals surface area contributed by atoms with Gasteiger partial charge in [-0.1, -0.05) is 36.4 Å². The van der Waals surface area contributed by atoms with Gasteiger partial charge in [-0.25, -0.2) is 4.79 Å². The minimum Gasteiger partial charge on any atom is -0.328 e. The van der Waals surface area contributed by atoms with Gasteiger partial charge in [0.15, 0.2) is 0 Å².